The summed E-state index contributed by atoms with van der Waals surface area (Å²) in [5.41, 5.74) is 8.84. The highest BCUT2D eigenvalue weighted by Gasteiger charge is 2.14. The number of nitrogens with two attached hydrogens (primary N) is 1. The summed E-state index contributed by atoms with van der Waals surface area (Å²) < 4.78 is 10.7. The number of ketones is 1. The third-order valence-corrected chi connectivity index (χ3v) is 5.95. The Kier molecular flexibility index (Phi) is 6.88. The van der Waals surface area contributed by atoms with Gasteiger partial charge in [0.05, 0.1) is 11.4 Å². The fraction of sp³-hybridized carbons (Fsp3) is 0.143. The number of thiophene rings is 1. The number of nitrogens with one attached hydrogen (secondary N) is 1. The number of hydrogen-bond donors (Lipinski definition) is 3. The first kappa shape index (κ1) is 20.9. The molecular weight excluding hydrogens is 407 g/mol. The lowest BCUT2D eigenvalue weighted by atomic mass is 10.0. The molecule has 3 rings (SSSR count). The van der Waals surface area contributed by atoms with Crippen molar-refractivity contribution in [2.45, 2.75) is 12.8 Å². The summed E-state index contributed by atoms with van der Waals surface area (Å²) >= 11 is 1.60. The largest absolute Gasteiger partial charge is 0.505 e. The highest BCUT2D eigenvalue weighted by atomic mass is 32.1. The lowest BCUT2D eigenvalue weighted by Gasteiger charge is -2.10. The molecular formula is C21H20N2O4PS+. The second-order valence-electron chi connectivity index (χ2n) is 6.41. The van der Waals surface area contributed by atoms with Crippen molar-refractivity contribution < 1.29 is 19.0 Å². The predicted molar refractivity (Wildman–Crippen MR) is 117 cm³/mol. The minimum atomic E-state index is -2.22. The van der Waals surface area contributed by atoms with Gasteiger partial charge in [-0.05, 0) is 45.8 Å². The Morgan fingerprint density at radius 1 is 1.07 bits per heavy atom. The van der Waals surface area contributed by atoms with E-state index in [0.29, 0.717) is 28.9 Å². The Balaban J connectivity index is 1.67. The van der Waals surface area contributed by atoms with E-state index in [9.17, 15) is 14.2 Å². The average Bonchev–Trinajstić information content (AvgIpc) is 3.24. The first-order valence-corrected chi connectivity index (χ1v) is 11.2. The topological polar surface area (TPSA) is 109 Å². The summed E-state index contributed by atoms with van der Waals surface area (Å²) in [7, 11) is -2.22. The zero-order valence-corrected chi connectivity index (χ0v) is 17.2. The summed E-state index contributed by atoms with van der Waals surface area (Å²) in [6.45, 7) is 0. The standard InChI is InChI=1S/C21H19N2O4PS/c22-17-10-9-16(20-4-2-12-29-20)13-18(17)23-21(25)15-7-5-14(6-8-15)19(24)3-1-11-28(26)27/h2,4-10,12-13H,1,3,11H2,(H3-,22,23,24,25,26,27)/p+1. The molecule has 1 atom stereocenters. The minimum Gasteiger partial charge on any atom is -0.397 e. The number of carbonyl (C=O) groups excluding carboxylic acids is 2. The molecule has 1 unspecified atom stereocenters. The van der Waals surface area contributed by atoms with E-state index in [1.54, 1.807) is 41.7 Å². The number of hydrogen-bond acceptors (Lipinski definition) is 5. The van der Waals surface area contributed by atoms with Gasteiger partial charge in [0, 0.05) is 28.8 Å². The number of amides is 1. The van der Waals surface area contributed by atoms with E-state index in [1.807, 2.05) is 29.6 Å². The molecule has 2 aromatic carbocycles. The molecule has 6 nitrogen and oxygen atoms in total. The van der Waals surface area contributed by atoms with E-state index in [-0.39, 0.29) is 24.3 Å². The molecule has 0 radical (unpaired) electrons. The fourth-order valence-electron chi connectivity index (χ4n) is 2.78. The molecule has 1 heterocycles. The number of anilines is 2. The molecule has 8 heteroatoms. The molecule has 0 saturated carbocycles. The van der Waals surface area contributed by atoms with Crippen molar-refractivity contribution in [1.29, 1.82) is 0 Å². The van der Waals surface area contributed by atoms with Crippen LogP contribution in [0.25, 0.3) is 10.4 Å². The first-order valence-electron chi connectivity index (χ1n) is 8.95. The van der Waals surface area contributed by atoms with E-state index in [4.69, 9.17) is 10.6 Å². The van der Waals surface area contributed by atoms with Crippen LogP contribution in [0, 0.1) is 0 Å². The molecule has 1 aromatic heterocycles. The van der Waals surface area contributed by atoms with E-state index < -0.39 is 8.03 Å². The van der Waals surface area contributed by atoms with Crippen molar-refractivity contribution in [1.82, 2.24) is 0 Å². The van der Waals surface area contributed by atoms with Gasteiger partial charge >= 0.3 is 8.03 Å². The second kappa shape index (κ2) is 9.56. The van der Waals surface area contributed by atoms with Crippen molar-refractivity contribution in [2.24, 2.45) is 0 Å². The minimum absolute atomic E-state index is 0.105. The van der Waals surface area contributed by atoms with Crippen molar-refractivity contribution in [2.75, 3.05) is 17.2 Å². The molecule has 4 N–H and O–H groups in total. The van der Waals surface area contributed by atoms with Crippen molar-refractivity contribution in [3.05, 3.63) is 71.1 Å². The Hall–Kier alpha value is -2.86. The molecule has 29 heavy (non-hydrogen) atoms. The zero-order chi connectivity index (χ0) is 20.8. The molecule has 3 aromatic rings. The van der Waals surface area contributed by atoms with Gasteiger partial charge in [-0.1, -0.05) is 24.3 Å². The van der Waals surface area contributed by atoms with Gasteiger partial charge in [0.15, 0.2) is 11.9 Å². The molecule has 0 saturated heterocycles. The smallest absolute Gasteiger partial charge is 0.397 e. The SMILES string of the molecule is Nc1ccc(-c2cccs2)cc1NC(=O)c1ccc(C(=O)CCC[P+](=O)O)cc1. The maximum Gasteiger partial charge on any atom is 0.505 e. The van der Waals surface area contributed by atoms with Crippen LogP contribution < -0.4 is 11.1 Å². The number of carbonyl (C=O) groups is 2. The molecule has 148 valence electrons. The highest BCUT2D eigenvalue weighted by molar-refractivity contribution is 7.37. The average molecular weight is 427 g/mol. The van der Waals surface area contributed by atoms with E-state index in [2.05, 4.69) is 5.32 Å². The molecule has 0 bridgehead atoms. The molecule has 0 aliphatic rings. The normalized spacial score (nSPS) is 11.1. The lowest BCUT2D eigenvalue weighted by molar-refractivity contribution is 0.0979. The second-order valence-corrected chi connectivity index (χ2v) is 8.51. The third-order valence-electron chi connectivity index (χ3n) is 4.33. The van der Waals surface area contributed by atoms with Crippen LogP contribution in [0.5, 0.6) is 0 Å². The monoisotopic (exact) mass is 427 g/mol. The van der Waals surface area contributed by atoms with Gasteiger partial charge in [-0.3, -0.25) is 9.59 Å². The van der Waals surface area contributed by atoms with Crippen LogP contribution in [-0.2, 0) is 4.57 Å². The predicted octanol–water partition coefficient (Wildman–Crippen LogP) is 4.95. The Bertz CT molecular complexity index is 1030. The number of rotatable bonds is 8. The number of Topliss-reactive ketones (excluding diaryl/α,β-unsaturated/α-hetero) is 1. The highest BCUT2D eigenvalue weighted by Crippen LogP contribution is 2.30. The Morgan fingerprint density at radius 2 is 1.79 bits per heavy atom. The van der Waals surface area contributed by atoms with Crippen LogP contribution in [0.2, 0.25) is 0 Å². The van der Waals surface area contributed by atoms with Crippen LogP contribution >= 0.6 is 19.4 Å². The first-order chi connectivity index (χ1) is 13.9. The van der Waals surface area contributed by atoms with Crippen molar-refractivity contribution in [3.63, 3.8) is 0 Å². The third kappa shape index (κ3) is 5.57. The maximum atomic E-state index is 12.6. The van der Waals surface area contributed by atoms with Crippen molar-refractivity contribution in [3.8, 4) is 10.4 Å². The van der Waals surface area contributed by atoms with Crippen LogP contribution in [0.3, 0.4) is 0 Å². The van der Waals surface area contributed by atoms with Gasteiger partial charge in [0.2, 0.25) is 0 Å². The fourth-order valence-corrected chi connectivity index (χ4v) is 3.93. The van der Waals surface area contributed by atoms with Gasteiger partial charge < -0.3 is 11.1 Å². The molecule has 0 aliphatic carbocycles. The lowest BCUT2D eigenvalue weighted by Crippen LogP contribution is -2.13. The molecule has 0 spiro atoms. The maximum absolute atomic E-state index is 12.6. The molecule has 0 aliphatic heterocycles. The van der Waals surface area contributed by atoms with Crippen LogP contribution in [-0.4, -0.2) is 22.7 Å². The summed E-state index contributed by atoms with van der Waals surface area (Å²) in [6, 6.07) is 15.8. The van der Waals surface area contributed by atoms with Gasteiger partial charge in [-0.15, -0.1) is 11.3 Å². The van der Waals surface area contributed by atoms with Crippen LogP contribution in [0.1, 0.15) is 33.6 Å². The number of nitrogen functional groups attached to an aromatic ring is 1. The quantitative estimate of drug-likeness (QED) is 0.268. The summed E-state index contributed by atoms with van der Waals surface area (Å²) in [5, 5.41) is 4.80. The van der Waals surface area contributed by atoms with Crippen molar-refractivity contribution >= 4 is 42.4 Å². The Labute approximate surface area is 173 Å². The summed E-state index contributed by atoms with van der Waals surface area (Å²) in [5.74, 6) is -0.446. The van der Waals surface area contributed by atoms with E-state index in [0.717, 1.165) is 10.4 Å². The summed E-state index contributed by atoms with van der Waals surface area (Å²) in [6.07, 6.45) is 0.652. The molecule has 0 fully saturated rings. The van der Waals surface area contributed by atoms with Gasteiger partial charge in [-0.2, -0.15) is 4.89 Å². The molecule has 1 amide bonds. The van der Waals surface area contributed by atoms with Gasteiger partial charge in [0.1, 0.15) is 0 Å². The van der Waals surface area contributed by atoms with Crippen LogP contribution in [0.15, 0.2) is 60.0 Å². The number of benzene rings is 2. The van der Waals surface area contributed by atoms with Gasteiger partial charge in [-0.25, -0.2) is 0 Å². The van der Waals surface area contributed by atoms with Crippen LogP contribution in [0.4, 0.5) is 11.4 Å². The zero-order valence-electron chi connectivity index (χ0n) is 15.5. The van der Waals surface area contributed by atoms with E-state index in [1.165, 1.54) is 0 Å². The van der Waals surface area contributed by atoms with E-state index >= 15 is 0 Å². The summed E-state index contributed by atoms with van der Waals surface area (Å²) in [4.78, 5) is 34.6. The Morgan fingerprint density at radius 3 is 2.45 bits per heavy atom. The van der Waals surface area contributed by atoms with Gasteiger partial charge in [0.25, 0.3) is 5.91 Å².